The van der Waals surface area contributed by atoms with Gasteiger partial charge in [-0.05, 0) is 36.4 Å². The van der Waals surface area contributed by atoms with E-state index in [0.717, 1.165) is 22.4 Å². The van der Waals surface area contributed by atoms with E-state index in [1.54, 1.807) is 24.6 Å². The molecule has 0 radical (unpaired) electrons. The van der Waals surface area contributed by atoms with Crippen molar-refractivity contribution in [3.05, 3.63) is 40.8 Å². The van der Waals surface area contributed by atoms with Crippen LogP contribution in [0.25, 0.3) is 11.1 Å². The van der Waals surface area contributed by atoms with Crippen molar-refractivity contribution >= 4 is 23.2 Å². The standard InChI is InChI=1S/C17H20N4OS/c1-4-13-15(22)21(3)16(18)20-17(13,2)14-8-12(10-23-14)11-6-5-7-19-9-11/h5-10,13H,4H2,1-3H3,(H2,18,20)/t13?,17-/m0/s1. The van der Waals surface area contributed by atoms with Gasteiger partial charge in [-0.1, -0.05) is 13.0 Å². The Labute approximate surface area is 139 Å². The van der Waals surface area contributed by atoms with Crippen molar-refractivity contribution in [3.63, 3.8) is 0 Å². The minimum absolute atomic E-state index is 0.00456. The minimum Gasteiger partial charge on any atom is -0.345 e. The zero-order valence-electron chi connectivity index (χ0n) is 13.5. The van der Waals surface area contributed by atoms with Crippen LogP contribution in [0.5, 0.6) is 0 Å². The third kappa shape index (κ3) is 2.53. The topological polar surface area (TPSA) is 69.1 Å². The Bertz CT molecular complexity index is 742. The van der Waals surface area contributed by atoms with Crippen molar-refractivity contribution in [2.75, 3.05) is 7.05 Å². The average Bonchev–Trinajstić information content (AvgIpc) is 3.05. The van der Waals surface area contributed by atoms with E-state index >= 15 is 0 Å². The fourth-order valence-electron chi connectivity index (χ4n) is 3.12. The van der Waals surface area contributed by atoms with Gasteiger partial charge in [0.1, 0.15) is 0 Å². The molecule has 2 aromatic heterocycles. The molecule has 0 bridgehead atoms. The Balaban J connectivity index is 2.01. The lowest BCUT2D eigenvalue weighted by molar-refractivity contribution is -0.135. The lowest BCUT2D eigenvalue weighted by Gasteiger charge is -2.44. The Kier molecular flexibility index (Phi) is 3.93. The van der Waals surface area contributed by atoms with E-state index in [1.165, 1.54) is 4.90 Å². The zero-order chi connectivity index (χ0) is 16.6. The van der Waals surface area contributed by atoms with Gasteiger partial charge < -0.3 is 5.32 Å². The highest BCUT2D eigenvalue weighted by molar-refractivity contribution is 7.10. The van der Waals surface area contributed by atoms with Gasteiger partial charge in [0.05, 0.1) is 11.5 Å². The molecule has 2 N–H and O–H groups in total. The number of amides is 1. The van der Waals surface area contributed by atoms with E-state index in [-0.39, 0.29) is 17.8 Å². The molecule has 2 atom stereocenters. The number of pyridine rings is 1. The van der Waals surface area contributed by atoms with E-state index in [9.17, 15) is 4.79 Å². The summed E-state index contributed by atoms with van der Waals surface area (Å²) in [6, 6.07) is 6.03. The second-order valence-electron chi connectivity index (χ2n) is 5.98. The van der Waals surface area contributed by atoms with Gasteiger partial charge in [0, 0.05) is 29.9 Å². The monoisotopic (exact) mass is 328 g/mol. The summed E-state index contributed by atoms with van der Waals surface area (Å²) in [7, 11) is 1.65. The maximum absolute atomic E-state index is 12.6. The third-order valence-corrected chi connectivity index (χ3v) is 5.72. The van der Waals surface area contributed by atoms with Crippen LogP contribution in [0.1, 0.15) is 25.1 Å². The molecule has 1 saturated heterocycles. The van der Waals surface area contributed by atoms with Crippen molar-refractivity contribution in [1.29, 1.82) is 5.41 Å². The second kappa shape index (κ2) is 5.77. The molecule has 6 heteroatoms. The Morgan fingerprint density at radius 3 is 2.91 bits per heavy atom. The molecule has 3 rings (SSSR count). The fraction of sp³-hybridized carbons (Fsp3) is 0.353. The first-order valence-corrected chi connectivity index (χ1v) is 8.49. The molecule has 23 heavy (non-hydrogen) atoms. The number of hydrogen-bond donors (Lipinski definition) is 2. The summed E-state index contributed by atoms with van der Waals surface area (Å²) in [6.07, 6.45) is 4.31. The molecular formula is C17H20N4OS. The molecule has 120 valence electrons. The van der Waals surface area contributed by atoms with Crippen molar-refractivity contribution in [2.24, 2.45) is 5.92 Å². The summed E-state index contributed by atoms with van der Waals surface area (Å²) in [5.74, 6) is -0.0457. The molecule has 1 aliphatic rings. The summed E-state index contributed by atoms with van der Waals surface area (Å²) in [5.41, 5.74) is 1.59. The van der Waals surface area contributed by atoms with Gasteiger partial charge >= 0.3 is 0 Å². The predicted octanol–water partition coefficient (Wildman–Crippen LogP) is 3.05. The van der Waals surface area contributed by atoms with Gasteiger partial charge in [-0.15, -0.1) is 11.3 Å². The maximum atomic E-state index is 12.6. The Morgan fingerprint density at radius 2 is 2.26 bits per heavy atom. The first-order valence-electron chi connectivity index (χ1n) is 7.61. The lowest BCUT2D eigenvalue weighted by Crippen LogP contribution is -2.63. The van der Waals surface area contributed by atoms with Gasteiger partial charge in [0.15, 0.2) is 5.96 Å². The molecule has 1 unspecified atom stereocenters. The van der Waals surface area contributed by atoms with Crippen molar-refractivity contribution in [1.82, 2.24) is 15.2 Å². The molecule has 0 spiro atoms. The second-order valence-corrected chi connectivity index (χ2v) is 6.89. The summed E-state index contributed by atoms with van der Waals surface area (Å²) in [5, 5.41) is 13.4. The molecule has 1 amide bonds. The van der Waals surface area contributed by atoms with E-state index < -0.39 is 5.54 Å². The third-order valence-electron chi connectivity index (χ3n) is 4.55. The van der Waals surface area contributed by atoms with Crippen molar-refractivity contribution in [3.8, 4) is 11.1 Å². The van der Waals surface area contributed by atoms with Crippen LogP contribution in [0.3, 0.4) is 0 Å². The van der Waals surface area contributed by atoms with Gasteiger partial charge in [0.2, 0.25) is 5.91 Å². The number of nitrogens with zero attached hydrogens (tertiary/aromatic N) is 2. The highest BCUT2D eigenvalue weighted by atomic mass is 32.1. The number of carbonyl (C=O) groups excluding carboxylic acids is 1. The maximum Gasteiger partial charge on any atom is 0.234 e. The molecule has 2 aromatic rings. The molecule has 1 fully saturated rings. The van der Waals surface area contributed by atoms with Crippen LogP contribution >= 0.6 is 11.3 Å². The van der Waals surface area contributed by atoms with Gasteiger partial charge in [-0.2, -0.15) is 0 Å². The van der Waals surface area contributed by atoms with E-state index in [4.69, 9.17) is 5.41 Å². The number of rotatable bonds is 3. The number of thiophene rings is 1. The molecule has 0 aliphatic carbocycles. The normalized spacial score (nSPS) is 24.7. The summed E-state index contributed by atoms with van der Waals surface area (Å²) >= 11 is 1.62. The lowest BCUT2D eigenvalue weighted by atomic mass is 9.79. The Morgan fingerprint density at radius 1 is 1.48 bits per heavy atom. The first-order chi connectivity index (χ1) is 11.0. The summed E-state index contributed by atoms with van der Waals surface area (Å²) < 4.78 is 0. The highest BCUT2D eigenvalue weighted by Crippen LogP contribution is 2.40. The molecule has 1 aliphatic heterocycles. The minimum atomic E-state index is -0.555. The number of guanidine groups is 1. The van der Waals surface area contributed by atoms with Crippen LogP contribution in [0.15, 0.2) is 36.0 Å². The number of carbonyl (C=O) groups is 1. The van der Waals surface area contributed by atoms with Gasteiger partial charge in [0.25, 0.3) is 0 Å². The van der Waals surface area contributed by atoms with Crippen LogP contribution in [0.2, 0.25) is 0 Å². The smallest absolute Gasteiger partial charge is 0.234 e. The highest BCUT2D eigenvalue weighted by Gasteiger charge is 2.47. The van der Waals surface area contributed by atoms with Crippen LogP contribution in [0.4, 0.5) is 0 Å². The molecular weight excluding hydrogens is 308 g/mol. The average molecular weight is 328 g/mol. The van der Waals surface area contributed by atoms with Crippen LogP contribution in [-0.4, -0.2) is 28.8 Å². The molecule has 0 saturated carbocycles. The first kappa shape index (κ1) is 15.7. The Hall–Kier alpha value is -2.21. The number of hydrogen-bond acceptors (Lipinski definition) is 4. The molecule has 5 nitrogen and oxygen atoms in total. The van der Waals surface area contributed by atoms with E-state index in [1.807, 2.05) is 32.2 Å². The quantitative estimate of drug-likeness (QED) is 0.910. The zero-order valence-corrected chi connectivity index (χ0v) is 14.3. The number of aromatic nitrogens is 1. The van der Waals surface area contributed by atoms with Crippen LogP contribution < -0.4 is 5.32 Å². The molecule has 0 aromatic carbocycles. The largest absolute Gasteiger partial charge is 0.345 e. The van der Waals surface area contributed by atoms with E-state index in [0.29, 0.717) is 0 Å². The SMILES string of the molecule is CCC1C(=O)N(C)C(=N)N[C@]1(C)c1cc(-c2cccnc2)cs1. The number of nitrogens with one attached hydrogen (secondary N) is 2. The van der Waals surface area contributed by atoms with Crippen molar-refractivity contribution < 1.29 is 4.79 Å². The van der Waals surface area contributed by atoms with Crippen LogP contribution in [0, 0.1) is 11.3 Å². The van der Waals surface area contributed by atoms with Crippen molar-refractivity contribution in [2.45, 2.75) is 25.8 Å². The van der Waals surface area contributed by atoms with Crippen LogP contribution in [-0.2, 0) is 10.3 Å². The van der Waals surface area contributed by atoms with Gasteiger partial charge in [-0.3, -0.25) is 20.1 Å². The van der Waals surface area contributed by atoms with E-state index in [2.05, 4.69) is 21.7 Å². The predicted molar refractivity (Wildman–Crippen MR) is 92.3 cm³/mol. The summed E-state index contributed by atoms with van der Waals surface area (Å²) in [6.45, 7) is 4.03. The van der Waals surface area contributed by atoms with Gasteiger partial charge in [-0.25, -0.2) is 0 Å². The molecule has 3 heterocycles. The summed E-state index contributed by atoms with van der Waals surface area (Å²) in [4.78, 5) is 19.2. The fourth-order valence-corrected chi connectivity index (χ4v) is 4.21.